The van der Waals surface area contributed by atoms with Gasteiger partial charge in [0.2, 0.25) is 11.8 Å². The van der Waals surface area contributed by atoms with Gasteiger partial charge in [0.1, 0.15) is 5.58 Å². The van der Waals surface area contributed by atoms with E-state index in [9.17, 15) is 14.4 Å². The smallest absolute Gasteiger partial charge is 0.242 e. The summed E-state index contributed by atoms with van der Waals surface area (Å²) in [4.78, 5) is 44.3. The fraction of sp³-hybridized carbons (Fsp3) is 0.300. The molecule has 2 aromatic carbocycles. The predicted octanol–water partition coefficient (Wildman–Crippen LogP) is 5.56. The first-order valence-electron chi connectivity index (χ1n) is 12.6. The van der Waals surface area contributed by atoms with Crippen LogP contribution in [0.2, 0.25) is 0 Å². The lowest BCUT2D eigenvalue weighted by Crippen LogP contribution is -2.43. The number of benzene rings is 2. The third-order valence-electron chi connectivity index (χ3n) is 6.30. The largest absolute Gasteiger partial charge is 0.464 e. The van der Waals surface area contributed by atoms with Crippen molar-refractivity contribution in [3.8, 4) is 0 Å². The van der Waals surface area contributed by atoms with Crippen molar-refractivity contribution in [2.24, 2.45) is 0 Å². The number of amides is 2. The zero-order chi connectivity index (χ0) is 26.2. The van der Waals surface area contributed by atoms with Crippen molar-refractivity contribution in [1.29, 1.82) is 0 Å². The van der Waals surface area contributed by atoms with Gasteiger partial charge in [-0.3, -0.25) is 14.4 Å². The van der Waals surface area contributed by atoms with Crippen molar-refractivity contribution in [2.75, 3.05) is 13.1 Å². The SMILES string of the molecule is CCCCN(CC(=O)N(Cc1ccccc1)Cc1coc2ccc(C)cc2c1=O)C(=O)Cc1cccs1. The second-order valence-corrected chi connectivity index (χ2v) is 10.3. The number of hydrogen-bond acceptors (Lipinski definition) is 5. The third-order valence-corrected chi connectivity index (χ3v) is 7.17. The molecule has 7 heteroatoms. The van der Waals surface area contributed by atoms with E-state index < -0.39 is 0 Å². The van der Waals surface area contributed by atoms with E-state index in [1.54, 1.807) is 15.9 Å². The van der Waals surface area contributed by atoms with Crippen LogP contribution in [0.1, 0.15) is 41.3 Å². The Hall–Kier alpha value is -3.71. The predicted molar refractivity (Wildman–Crippen MR) is 147 cm³/mol. The van der Waals surface area contributed by atoms with Crippen molar-refractivity contribution in [1.82, 2.24) is 9.80 Å². The summed E-state index contributed by atoms with van der Waals surface area (Å²) in [6.07, 6.45) is 3.46. The highest BCUT2D eigenvalue weighted by molar-refractivity contribution is 7.10. The minimum atomic E-state index is -0.205. The highest BCUT2D eigenvalue weighted by Gasteiger charge is 2.23. The summed E-state index contributed by atoms with van der Waals surface area (Å²) in [6, 6.07) is 19.0. The molecule has 0 aliphatic carbocycles. The molecule has 37 heavy (non-hydrogen) atoms. The van der Waals surface area contributed by atoms with Crippen LogP contribution < -0.4 is 5.43 Å². The molecule has 0 saturated heterocycles. The van der Waals surface area contributed by atoms with Gasteiger partial charge in [0.25, 0.3) is 0 Å². The Labute approximate surface area is 221 Å². The summed E-state index contributed by atoms with van der Waals surface area (Å²) in [5, 5.41) is 2.45. The van der Waals surface area contributed by atoms with Gasteiger partial charge in [-0.15, -0.1) is 11.3 Å². The molecule has 4 aromatic rings. The zero-order valence-corrected chi connectivity index (χ0v) is 22.1. The molecule has 0 atom stereocenters. The van der Waals surface area contributed by atoms with Gasteiger partial charge in [0.15, 0.2) is 5.43 Å². The molecule has 2 amide bonds. The molecular formula is C30H32N2O4S. The van der Waals surface area contributed by atoms with Crippen LogP contribution in [0.25, 0.3) is 11.0 Å². The molecule has 0 saturated carbocycles. The molecule has 6 nitrogen and oxygen atoms in total. The van der Waals surface area contributed by atoms with Gasteiger partial charge in [0.05, 0.1) is 36.7 Å². The number of aryl methyl sites for hydroxylation is 1. The van der Waals surface area contributed by atoms with Crippen LogP contribution in [0.4, 0.5) is 0 Å². The maximum atomic E-state index is 13.7. The molecule has 4 rings (SSSR count). The van der Waals surface area contributed by atoms with Crippen molar-refractivity contribution in [2.45, 2.75) is 46.2 Å². The summed E-state index contributed by atoms with van der Waals surface area (Å²) in [5.41, 5.74) is 2.69. The normalized spacial score (nSPS) is 11.0. The van der Waals surface area contributed by atoms with E-state index in [0.29, 0.717) is 29.6 Å². The molecule has 0 N–H and O–H groups in total. The number of hydrogen-bond donors (Lipinski definition) is 0. The second kappa shape index (κ2) is 12.5. The molecule has 0 unspecified atom stereocenters. The van der Waals surface area contributed by atoms with Crippen molar-refractivity contribution in [3.05, 3.63) is 104 Å². The van der Waals surface area contributed by atoms with Gasteiger partial charge in [-0.25, -0.2) is 0 Å². The number of unbranched alkanes of at least 4 members (excludes halogenated alkanes) is 1. The highest BCUT2D eigenvalue weighted by Crippen LogP contribution is 2.17. The van der Waals surface area contributed by atoms with E-state index in [4.69, 9.17) is 4.42 Å². The maximum Gasteiger partial charge on any atom is 0.242 e. The number of fused-ring (bicyclic) bond motifs is 1. The summed E-state index contributed by atoms with van der Waals surface area (Å²) < 4.78 is 5.74. The van der Waals surface area contributed by atoms with Gasteiger partial charge < -0.3 is 14.2 Å². The van der Waals surface area contributed by atoms with Gasteiger partial charge in [0, 0.05) is 18.0 Å². The Morgan fingerprint density at radius 3 is 2.49 bits per heavy atom. The van der Waals surface area contributed by atoms with Gasteiger partial charge >= 0.3 is 0 Å². The molecule has 0 radical (unpaired) electrons. The molecule has 0 fully saturated rings. The molecular weight excluding hydrogens is 484 g/mol. The summed E-state index contributed by atoms with van der Waals surface area (Å²) >= 11 is 1.54. The topological polar surface area (TPSA) is 70.8 Å². The average Bonchev–Trinajstić information content (AvgIpc) is 3.41. The van der Waals surface area contributed by atoms with E-state index in [2.05, 4.69) is 6.92 Å². The summed E-state index contributed by atoms with van der Waals surface area (Å²) in [5.74, 6) is -0.271. The van der Waals surface area contributed by atoms with Crippen LogP contribution >= 0.6 is 11.3 Å². The standard InChI is InChI=1S/C30H32N2O4S/c1-3-4-14-31(28(33)17-25-11-8-15-37-25)20-29(34)32(18-23-9-6-5-7-10-23)19-24-21-36-27-13-12-22(2)16-26(27)30(24)35/h5-13,15-16,21H,3-4,14,17-20H2,1-2H3. The van der Waals surface area contributed by atoms with Gasteiger partial charge in [-0.2, -0.15) is 0 Å². The van der Waals surface area contributed by atoms with Crippen LogP contribution in [0.3, 0.4) is 0 Å². The number of nitrogens with zero attached hydrogens (tertiary/aromatic N) is 2. The van der Waals surface area contributed by atoms with Crippen LogP contribution in [0.15, 0.2) is 81.5 Å². The first kappa shape index (κ1) is 26.4. The van der Waals surface area contributed by atoms with E-state index in [1.165, 1.54) is 17.6 Å². The minimum Gasteiger partial charge on any atom is -0.464 e. The van der Waals surface area contributed by atoms with E-state index >= 15 is 0 Å². The Kier molecular flexibility index (Phi) is 8.90. The summed E-state index contributed by atoms with van der Waals surface area (Å²) in [6.45, 7) is 4.89. The van der Waals surface area contributed by atoms with E-state index in [1.807, 2.05) is 66.9 Å². The first-order valence-corrected chi connectivity index (χ1v) is 13.5. The lowest BCUT2D eigenvalue weighted by Gasteiger charge is -2.28. The average molecular weight is 517 g/mol. The molecule has 0 aliphatic rings. The fourth-order valence-electron chi connectivity index (χ4n) is 4.21. The first-order chi connectivity index (χ1) is 17.9. The summed E-state index contributed by atoms with van der Waals surface area (Å²) in [7, 11) is 0. The minimum absolute atomic E-state index is 0.0327. The number of carbonyl (C=O) groups excluding carboxylic acids is 2. The highest BCUT2D eigenvalue weighted by atomic mass is 32.1. The fourth-order valence-corrected chi connectivity index (χ4v) is 4.91. The van der Waals surface area contributed by atoms with Crippen LogP contribution in [0.5, 0.6) is 0 Å². The van der Waals surface area contributed by atoms with Crippen molar-refractivity contribution >= 4 is 34.1 Å². The van der Waals surface area contributed by atoms with Gasteiger partial charge in [-0.05, 0) is 42.5 Å². The molecule has 192 valence electrons. The van der Waals surface area contributed by atoms with Crippen LogP contribution in [-0.4, -0.2) is 34.7 Å². The number of rotatable bonds is 11. The Morgan fingerprint density at radius 1 is 0.946 bits per heavy atom. The Morgan fingerprint density at radius 2 is 1.76 bits per heavy atom. The molecule has 0 spiro atoms. The van der Waals surface area contributed by atoms with Crippen molar-refractivity contribution < 1.29 is 14.0 Å². The Balaban J connectivity index is 1.59. The van der Waals surface area contributed by atoms with Crippen LogP contribution in [0, 0.1) is 6.92 Å². The zero-order valence-electron chi connectivity index (χ0n) is 21.3. The van der Waals surface area contributed by atoms with E-state index in [0.717, 1.165) is 28.8 Å². The lowest BCUT2D eigenvalue weighted by molar-refractivity contribution is -0.141. The van der Waals surface area contributed by atoms with Crippen molar-refractivity contribution in [3.63, 3.8) is 0 Å². The molecule has 0 bridgehead atoms. The third kappa shape index (κ3) is 6.95. The Bertz CT molecular complexity index is 1400. The quantitative estimate of drug-likeness (QED) is 0.262. The van der Waals surface area contributed by atoms with E-state index in [-0.39, 0.29) is 36.8 Å². The van der Waals surface area contributed by atoms with Crippen LogP contribution in [-0.2, 0) is 29.1 Å². The second-order valence-electron chi connectivity index (χ2n) is 9.25. The number of thiophene rings is 1. The van der Waals surface area contributed by atoms with Gasteiger partial charge in [-0.1, -0.05) is 61.4 Å². The molecule has 2 aromatic heterocycles. The monoisotopic (exact) mass is 516 g/mol. The lowest BCUT2D eigenvalue weighted by atomic mass is 10.1. The molecule has 2 heterocycles. The molecule has 0 aliphatic heterocycles. The number of carbonyl (C=O) groups is 2. The maximum absolute atomic E-state index is 13.7.